The van der Waals surface area contributed by atoms with Gasteiger partial charge in [0.15, 0.2) is 9.84 Å². The average molecular weight is 258 g/mol. The molecule has 0 bridgehead atoms. The molecule has 17 heavy (non-hydrogen) atoms. The summed E-state index contributed by atoms with van der Waals surface area (Å²) in [7, 11) is -3.27. The van der Waals surface area contributed by atoms with Crippen LogP contribution in [0.4, 0.5) is 5.82 Å². The van der Waals surface area contributed by atoms with E-state index in [4.69, 9.17) is 5.11 Å². The second-order valence-corrected chi connectivity index (χ2v) is 6.10. The smallest absolute Gasteiger partial charge is 0.179 e. The molecule has 0 aromatic carbocycles. The van der Waals surface area contributed by atoms with Crippen LogP contribution < -0.4 is 5.32 Å². The quantitative estimate of drug-likeness (QED) is 0.793. The Hall–Kier alpha value is -1.14. The van der Waals surface area contributed by atoms with Crippen molar-refractivity contribution in [1.29, 1.82) is 0 Å². The Morgan fingerprint density at radius 2 is 2.24 bits per heavy atom. The Morgan fingerprint density at radius 1 is 1.53 bits per heavy atom. The topological polar surface area (TPSA) is 79.3 Å². The third-order valence-corrected chi connectivity index (χ3v) is 3.54. The highest BCUT2D eigenvalue weighted by molar-refractivity contribution is 7.90. The van der Waals surface area contributed by atoms with E-state index in [0.29, 0.717) is 18.8 Å². The van der Waals surface area contributed by atoms with Gasteiger partial charge in [-0.15, -0.1) is 0 Å². The Bertz CT molecular complexity index is 460. The number of hydrogen-bond donors (Lipinski definition) is 2. The van der Waals surface area contributed by atoms with E-state index in [9.17, 15) is 8.42 Å². The number of rotatable bonds is 6. The molecule has 1 rings (SSSR count). The standard InChI is InChI=1S/C11H18N2O3S/c1-9(5-7-14)8-13-11-10(17(2,15)16)4-3-6-12-11/h3-4,6,9,14H,5,7-8H2,1-2H3,(H,12,13). The van der Waals surface area contributed by atoms with E-state index in [-0.39, 0.29) is 17.4 Å². The predicted octanol–water partition coefficient (Wildman–Crippen LogP) is 0.915. The van der Waals surface area contributed by atoms with Crippen LogP contribution in [0.15, 0.2) is 23.2 Å². The molecule has 2 N–H and O–H groups in total. The van der Waals surface area contributed by atoms with Gasteiger partial charge in [0.1, 0.15) is 10.7 Å². The van der Waals surface area contributed by atoms with E-state index in [1.165, 1.54) is 6.07 Å². The molecule has 0 saturated carbocycles. The maximum absolute atomic E-state index is 11.5. The van der Waals surface area contributed by atoms with Gasteiger partial charge < -0.3 is 10.4 Å². The van der Waals surface area contributed by atoms with Gasteiger partial charge in [0.05, 0.1) is 0 Å². The largest absolute Gasteiger partial charge is 0.396 e. The van der Waals surface area contributed by atoms with Crippen LogP contribution in [0, 0.1) is 5.92 Å². The van der Waals surface area contributed by atoms with E-state index < -0.39 is 9.84 Å². The highest BCUT2D eigenvalue weighted by atomic mass is 32.2. The molecule has 0 amide bonds. The zero-order chi connectivity index (χ0) is 12.9. The first-order valence-electron chi connectivity index (χ1n) is 5.45. The molecule has 0 fully saturated rings. The number of sulfone groups is 1. The monoisotopic (exact) mass is 258 g/mol. The highest BCUT2D eigenvalue weighted by Gasteiger charge is 2.14. The minimum atomic E-state index is -3.27. The third kappa shape index (κ3) is 4.32. The van der Waals surface area contributed by atoms with Crippen molar-refractivity contribution in [2.24, 2.45) is 5.92 Å². The molecule has 0 saturated heterocycles. The first-order chi connectivity index (χ1) is 7.95. The number of pyridine rings is 1. The number of anilines is 1. The van der Waals surface area contributed by atoms with Crippen molar-refractivity contribution in [2.75, 3.05) is 24.7 Å². The van der Waals surface area contributed by atoms with Crippen LogP contribution in [0.5, 0.6) is 0 Å². The van der Waals surface area contributed by atoms with Gasteiger partial charge >= 0.3 is 0 Å². The van der Waals surface area contributed by atoms with E-state index in [1.54, 1.807) is 12.3 Å². The van der Waals surface area contributed by atoms with Crippen molar-refractivity contribution < 1.29 is 13.5 Å². The Balaban J connectivity index is 2.78. The molecule has 0 aliphatic rings. The number of aromatic nitrogens is 1. The molecule has 0 spiro atoms. The van der Waals surface area contributed by atoms with Gasteiger partial charge in [-0.05, 0) is 24.5 Å². The Morgan fingerprint density at radius 3 is 2.82 bits per heavy atom. The van der Waals surface area contributed by atoms with Crippen molar-refractivity contribution in [1.82, 2.24) is 4.98 Å². The molecule has 1 aromatic rings. The molecular formula is C11H18N2O3S. The first kappa shape index (κ1) is 13.9. The summed E-state index contributed by atoms with van der Waals surface area (Å²) in [5.74, 6) is 0.634. The van der Waals surface area contributed by atoms with Crippen LogP contribution in [0.3, 0.4) is 0 Å². The third-order valence-electron chi connectivity index (χ3n) is 2.41. The van der Waals surface area contributed by atoms with Crippen molar-refractivity contribution in [3.63, 3.8) is 0 Å². The molecule has 1 unspecified atom stereocenters. The van der Waals surface area contributed by atoms with Gasteiger partial charge in [0, 0.05) is 25.6 Å². The summed E-state index contributed by atoms with van der Waals surface area (Å²) < 4.78 is 23.0. The summed E-state index contributed by atoms with van der Waals surface area (Å²) in [4.78, 5) is 4.23. The SMILES string of the molecule is CC(CCO)CNc1ncccc1S(C)(=O)=O. The number of nitrogens with one attached hydrogen (secondary N) is 1. The van der Waals surface area contributed by atoms with Crippen molar-refractivity contribution in [3.8, 4) is 0 Å². The second kappa shape index (κ2) is 5.97. The maximum atomic E-state index is 11.5. The van der Waals surface area contributed by atoms with Gasteiger partial charge in [0.25, 0.3) is 0 Å². The van der Waals surface area contributed by atoms with E-state index >= 15 is 0 Å². The van der Waals surface area contributed by atoms with Crippen LogP contribution >= 0.6 is 0 Å². The van der Waals surface area contributed by atoms with Crippen LogP contribution in [0.1, 0.15) is 13.3 Å². The fourth-order valence-corrected chi connectivity index (χ4v) is 2.22. The lowest BCUT2D eigenvalue weighted by Gasteiger charge is -2.13. The first-order valence-corrected chi connectivity index (χ1v) is 7.34. The van der Waals surface area contributed by atoms with Crippen LogP contribution in [-0.4, -0.2) is 37.9 Å². The van der Waals surface area contributed by atoms with E-state index in [1.807, 2.05) is 6.92 Å². The molecular weight excluding hydrogens is 240 g/mol. The molecule has 0 radical (unpaired) electrons. The van der Waals surface area contributed by atoms with Crippen LogP contribution in [-0.2, 0) is 9.84 Å². The number of aliphatic hydroxyl groups excluding tert-OH is 1. The number of hydrogen-bond acceptors (Lipinski definition) is 5. The minimum Gasteiger partial charge on any atom is -0.396 e. The van der Waals surface area contributed by atoms with Crippen LogP contribution in [0.2, 0.25) is 0 Å². The minimum absolute atomic E-state index is 0.129. The summed E-state index contributed by atoms with van der Waals surface area (Å²) >= 11 is 0. The van der Waals surface area contributed by atoms with Gasteiger partial charge in [-0.2, -0.15) is 0 Å². The van der Waals surface area contributed by atoms with Crippen LogP contribution in [0.25, 0.3) is 0 Å². The molecule has 6 heteroatoms. The van der Waals surface area contributed by atoms with Gasteiger partial charge in [-0.3, -0.25) is 0 Å². The van der Waals surface area contributed by atoms with E-state index in [2.05, 4.69) is 10.3 Å². The molecule has 96 valence electrons. The summed E-state index contributed by atoms with van der Waals surface area (Å²) in [6.07, 6.45) is 3.38. The van der Waals surface area contributed by atoms with Crippen molar-refractivity contribution >= 4 is 15.7 Å². The Kier molecular flexibility index (Phi) is 4.89. The average Bonchev–Trinajstić information content (AvgIpc) is 2.26. The molecule has 1 aromatic heterocycles. The number of aliphatic hydroxyl groups is 1. The predicted molar refractivity (Wildman–Crippen MR) is 66.7 cm³/mol. The maximum Gasteiger partial charge on any atom is 0.179 e. The summed E-state index contributed by atoms with van der Waals surface area (Å²) in [6, 6.07) is 3.13. The van der Waals surface area contributed by atoms with Gasteiger partial charge in [-0.1, -0.05) is 6.92 Å². The number of nitrogens with zero attached hydrogens (tertiary/aromatic N) is 1. The second-order valence-electron chi connectivity index (χ2n) is 4.12. The summed E-state index contributed by atoms with van der Waals surface area (Å²) in [5.41, 5.74) is 0. The lowest BCUT2D eigenvalue weighted by atomic mass is 10.1. The zero-order valence-corrected chi connectivity index (χ0v) is 10.9. The fourth-order valence-electron chi connectivity index (χ4n) is 1.42. The molecule has 5 nitrogen and oxygen atoms in total. The lowest BCUT2D eigenvalue weighted by Crippen LogP contribution is -2.15. The summed E-state index contributed by atoms with van der Waals surface area (Å²) in [6.45, 7) is 2.69. The highest BCUT2D eigenvalue weighted by Crippen LogP contribution is 2.18. The Labute approximate surface area is 102 Å². The van der Waals surface area contributed by atoms with E-state index in [0.717, 1.165) is 6.26 Å². The molecule has 0 aliphatic heterocycles. The van der Waals surface area contributed by atoms with Crippen molar-refractivity contribution in [2.45, 2.75) is 18.2 Å². The van der Waals surface area contributed by atoms with Gasteiger partial charge in [0.2, 0.25) is 0 Å². The molecule has 0 aliphatic carbocycles. The lowest BCUT2D eigenvalue weighted by molar-refractivity contribution is 0.265. The normalized spacial score (nSPS) is 13.4. The molecule has 1 atom stereocenters. The summed E-state index contributed by atoms with van der Waals surface area (Å²) in [5, 5.41) is 11.8. The zero-order valence-electron chi connectivity index (χ0n) is 10.0. The van der Waals surface area contributed by atoms with Crippen molar-refractivity contribution in [3.05, 3.63) is 18.3 Å². The molecule has 1 heterocycles. The fraction of sp³-hybridized carbons (Fsp3) is 0.545. The van der Waals surface area contributed by atoms with Gasteiger partial charge in [-0.25, -0.2) is 13.4 Å².